The summed E-state index contributed by atoms with van der Waals surface area (Å²) in [4.78, 5) is 3.54. The van der Waals surface area contributed by atoms with Crippen LogP contribution in [-0.2, 0) is 13.0 Å². The summed E-state index contributed by atoms with van der Waals surface area (Å²) in [6.07, 6.45) is 1.00. The van der Waals surface area contributed by atoms with Crippen LogP contribution in [0.5, 0.6) is 0 Å². The average molecular weight is 276 g/mol. The van der Waals surface area contributed by atoms with Crippen LogP contribution in [-0.4, -0.2) is 6.54 Å². The minimum atomic E-state index is -0.173. The first-order valence-electron chi connectivity index (χ1n) is 6.50. The Kier molecular flexibility index (Phi) is 3.29. The van der Waals surface area contributed by atoms with Crippen molar-refractivity contribution in [2.75, 3.05) is 11.4 Å². The van der Waals surface area contributed by atoms with Gasteiger partial charge >= 0.3 is 0 Å². The fraction of sp³-hybridized carbons (Fsp3) is 0.333. The van der Waals surface area contributed by atoms with Crippen molar-refractivity contribution >= 4 is 17.0 Å². The van der Waals surface area contributed by atoms with E-state index in [9.17, 15) is 4.39 Å². The Morgan fingerprint density at radius 2 is 2.21 bits per heavy atom. The van der Waals surface area contributed by atoms with Crippen LogP contribution < -0.4 is 10.6 Å². The Balaban J connectivity index is 1.88. The summed E-state index contributed by atoms with van der Waals surface area (Å²) in [5.41, 5.74) is 8.63. The molecule has 1 atom stereocenters. The molecule has 2 N–H and O–H groups in total. The highest BCUT2D eigenvalue weighted by Gasteiger charge is 2.20. The second-order valence-corrected chi connectivity index (χ2v) is 6.04. The molecule has 100 valence electrons. The van der Waals surface area contributed by atoms with Crippen LogP contribution in [0, 0.1) is 5.82 Å². The summed E-state index contributed by atoms with van der Waals surface area (Å²) in [6, 6.07) is 7.34. The van der Waals surface area contributed by atoms with E-state index >= 15 is 0 Å². The molecule has 2 nitrogen and oxygen atoms in total. The van der Waals surface area contributed by atoms with Crippen molar-refractivity contribution in [2.45, 2.75) is 25.9 Å². The second-order valence-electron chi connectivity index (χ2n) is 5.04. The van der Waals surface area contributed by atoms with Crippen molar-refractivity contribution in [3.05, 3.63) is 51.5 Å². The lowest BCUT2D eigenvalue weighted by atomic mass is 10.1. The molecule has 0 radical (unpaired) electrons. The van der Waals surface area contributed by atoms with Gasteiger partial charge in [-0.2, -0.15) is 0 Å². The summed E-state index contributed by atoms with van der Waals surface area (Å²) in [6.45, 7) is 3.54. The average Bonchev–Trinajstić information content (AvgIpc) is 2.85. The van der Waals surface area contributed by atoms with E-state index in [2.05, 4.69) is 16.3 Å². The molecule has 2 heterocycles. The van der Waals surface area contributed by atoms with Crippen LogP contribution in [0.15, 0.2) is 29.6 Å². The van der Waals surface area contributed by atoms with Crippen molar-refractivity contribution in [1.82, 2.24) is 0 Å². The highest BCUT2D eigenvalue weighted by Crippen LogP contribution is 2.30. The molecule has 4 heteroatoms. The maximum atomic E-state index is 14.2. The van der Waals surface area contributed by atoms with Crippen LogP contribution in [0.4, 0.5) is 10.1 Å². The number of halogens is 1. The predicted octanol–water partition coefficient (Wildman–Crippen LogP) is 3.47. The number of nitrogens with two attached hydrogens (primary N) is 1. The van der Waals surface area contributed by atoms with Gasteiger partial charge in [0.1, 0.15) is 5.82 Å². The van der Waals surface area contributed by atoms with Gasteiger partial charge in [-0.1, -0.05) is 6.07 Å². The van der Waals surface area contributed by atoms with E-state index in [4.69, 9.17) is 5.73 Å². The zero-order chi connectivity index (χ0) is 13.4. The molecule has 0 unspecified atom stereocenters. The molecular formula is C15H17FN2S. The summed E-state index contributed by atoms with van der Waals surface area (Å²) in [5, 5.41) is 2.11. The molecule has 0 spiro atoms. The molecule has 1 aliphatic rings. The largest absolute Gasteiger partial charge is 0.364 e. The van der Waals surface area contributed by atoms with E-state index in [1.165, 1.54) is 10.4 Å². The molecule has 0 bridgehead atoms. The number of hydrogen-bond acceptors (Lipinski definition) is 3. The molecule has 3 rings (SSSR count). The lowest BCUT2D eigenvalue weighted by molar-refractivity contribution is 0.607. The van der Waals surface area contributed by atoms with Gasteiger partial charge in [0.15, 0.2) is 0 Å². The fourth-order valence-electron chi connectivity index (χ4n) is 2.52. The molecule has 0 fully saturated rings. The monoisotopic (exact) mass is 276 g/mol. The molecule has 1 aliphatic heterocycles. The highest BCUT2D eigenvalue weighted by molar-refractivity contribution is 7.10. The second kappa shape index (κ2) is 4.94. The summed E-state index contributed by atoms with van der Waals surface area (Å²) in [5.74, 6) is -0.173. The zero-order valence-electron chi connectivity index (χ0n) is 10.9. The van der Waals surface area contributed by atoms with Crippen molar-refractivity contribution in [2.24, 2.45) is 5.73 Å². The zero-order valence-corrected chi connectivity index (χ0v) is 11.7. The molecule has 0 aliphatic carbocycles. The topological polar surface area (TPSA) is 29.3 Å². The maximum Gasteiger partial charge on any atom is 0.146 e. The Morgan fingerprint density at radius 1 is 1.37 bits per heavy atom. The van der Waals surface area contributed by atoms with E-state index in [-0.39, 0.29) is 11.9 Å². The van der Waals surface area contributed by atoms with Gasteiger partial charge in [0, 0.05) is 24.0 Å². The number of rotatable bonds is 2. The van der Waals surface area contributed by atoms with Crippen LogP contribution in [0.3, 0.4) is 0 Å². The van der Waals surface area contributed by atoms with Gasteiger partial charge in [0.2, 0.25) is 0 Å². The van der Waals surface area contributed by atoms with Crippen molar-refractivity contribution in [3.8, 4) is 0 Å². The number of nitrogens with zero attached hydrogens (tertiary/aromatic N) is 1. The Labute approximate surface area is 116 Å². The smallest absolute Gasteiger partial charge is 0.146 e. The first kappa shape index (κ1) is 12.6. The van der Waals surface area contributed by atoms with Gasteiger partial charge in [0.25, 0.3) is 0 Å². The first-order valence-corrected chi connectivity index (χ1v) is 7.38. The third-order valence-electron chi connectivity index (χ3n) is 3.65. The van der Waals surface area contributed by atoms with Gasteiger partial charge < -0.3 is 10.6 Å². The fourth-order valence-corrected chi connectivity index (χ4v) is 3.41. The number of thiophene rings is 1. The molecule has 0 saturated heterocycles. The lowest BCUT2D eigenvalue weighted by Crippen LogP contribution is -2.30. The SMILES string of the molecule is C[C@H](N)c1ccc(N2CCc3sccc3C2)c(F)c1. The Morgan fingerprint density at radius 3 is 2.95 bits per heavy atom. The Bertz CT molecular complexity index is 592. The normalized spacial score (nSPS) is 16.3. The van der Waals surface area contributed by atoms with E-state index in [1.54, 1.807) is 17.4 Å². The molecular weight excluding hydrogens is 259 g/mol. The number of fused-ring (bicyclic) bond motifs is 1. The van der Waals surface area contributed by atoms with E-state index < -0.39 is 0 Å². The standard InChI is InChI=1S/C15H17FN2S/c1-10(17)11-2-3-14(13(16)8-11)18-6-4-15-12(9-18)5-7-19-15/h2-3,5,7-8,10H,4,6,9,17H2,1H3/t10-/m0/s1. The minimum absolute atomic E-state index is 0.131. The van der Waals surface area contributed by atoms with Gasteiger partial charge in [-0.25, -0.2) is 4.39 Å². The maximum absolute atomic E-state index is 14.2. The molecule has 2 aromatic rings. The van der Waals surface area contributed by atoms with Crippen molar-refractivity contribution in [1.29, 1.82) is 0 Å². The van der Waals surface area contributed by atoms with Crippen LogP contribution in [0.1, 0.15) is 29.0 Å². The third kappa shape index (κ3) is 2.38. The molecule has 19 heavy (non-hydrogen) atoms. The van der Waals surface area contributed by atoms with Crippen molar-refractivity contribution < 1.29 is 4.39 Å². The Hall–Kier alpha value is -1.39. The van der Waals surface area contributed by atoms with Gasteiger partial charge in [-0.3, -0.25) is 0 Å². The highest BCUT2D eigenvalue weighted by atomic mass is 32.1. The third-order valence-corrected chi connectivity index (χ3v) is 4.67. The van der Waals surface area contributed by atoms with Crippen LogP contribution in [0.2, 0.25) is 0 Å². The number of hydrogen-bond donors (Lipinski definition) is 1. The molecule has 1 aromatic heterocycles. The minimum Gasteiger partial charge on any atom is -0.364 e. The molecule has 0 saturated carbocycles. The first-order chi connectivity index (χ1) is 9.15. The summed E-state index contributed by atoms with van der Waals surface area (Å²) in [7, 11) is 0. The van der Waals surface area contributed by atoms with E-state index in [1.807, 2.05) is 19.1 Å². The number of anilines is 1. The predicted molar refractivity (Wildman–Crippen MR) is 78.1 cm³/mol. The summed E-state index contributed by atoms with van der Waals surface area (Å²) >= 11 is 1.80. The van der Waals surface area contributed by atoms with Crippen LogP contribution >= 0.6 is 11.3 Å². The van der Waals surface area contributed by atoms with Gasteiger partial charge in [0.05, 0.1) is 5.69 Å². The van der Waals surface area contributed by atoms with E-state index in [0.29, 0.717) is 5.69 Å². The molecule has 0 amide bonds. The number of benzene rings is 1. The van der Waals surface area contributed by atoms with E-state index in [0.717, 1.165) is 25.1 Å². The van der Waals surface area contributed by atoms with Crippen LogP contribution in [0.25, 0.3) is 0 Å². The van der Waals surface area contributed by atoms with Gasteiger partial charge in [-0.15, -0.1) is 11.3 Å². The van der Waals surface area contributed by atoms with Crippen molar-refractivity contribution in [3.63, 3.8) is 0 Å². The molecule has 1 aromatic carbocycles. The van der Waals surface area contributed by atoms with Gasteiger partial charge in [-0.05, 0) is 48.1 Å². The summed E-state index contributed by atoms with van der Waals surface area (Å²) < 4.78 is 14.2. The quantitative estimate of drug-likeness (QED) is 0.910. The lowest BCUT2D eigenvalue weighted by Gasteiger charge is -2.29.